The molecule has 3 rings (SSSR count). The van der Waals surface area contributed by atoms with E-state index >= 15 is 0 Å². The van der Waals surface area contributed by atoms with E-state index in [1.807, 2.05) is 31.2 Å². The van der Waals surface area contributed by atoms with Crippen LogP contribution >= 0.6 is 11.8 Å². The molecule has 0 unspecified atom stereocenters. The molecule has 0 bridgehead atoms. The van der Waals surface area contributed by atoms with Crippen molar-refractivity contribution in [1.82, 2.24) is 24.8 Å². The number of aromatic nitrogens is 3. The molecule has 1 heterocycles. The summed E-state index contributed by atoms with van der Waals surface area (Å²) in [6.07, 6.45) is 6.75. The molecule has 0 atom stereocenters. The van der Waals surface area contributed by atoms with Crippen LogP contribution in [0.2, 0.25) is 0 Å². The van der Waals surface area contributed by atoms with Gasteiger partial charge in [-0.05, 0) is 31.9 Å². The van der Waals surface area contributed by atoms with Crippen molar-refractivity contribution in [3.63, 3.8) is 0 Å². The SMILES string of the molecule is Cc1ccc(-n2c(CNS(C)(=O)=O)nnc2SCC(=O)NC2CCCCC2)cc1. The molecule has 0 saturated heterocycles. The van der Waals surface area contributed by atoms with Crippen molar-refractivity contribution < 1.29 is 13.2 Å². The fraction of sp³-hybridized carbons (Fsp3) is 0.526. The zero-order valence-corrected chi connectivity index (χ0v) is 18.4. The summed E-state index contributed by atoms with van der Waals surface area (Å²) < 4.78 is 27.2. The maximum atomic E-state index is 12.4. The lowest BCUT2D eigenvalue weighted by molar-refractivity contribution is -0.119. The van der Waals surface area contributed by atoms with Crippen LogP contribution < -0.4 is 10.0 Å². The average Bonchev–Trinajstić information content (AvgIpc) is 3.08. The number of amides is 1. The summed E-state index contributed by atoms with van der Waals surface area (Å²) in [5.74, 6) is 0.686. The topological polar surface area (TPSA) is 106 Å². The Labute approximate surface area is 175 Å². The van der Waals surface area contributed by atoms with Gasteiger partial charge in [-0.2, -0.15) is 0 Å². The molecule has 1 aliphatic rings. The number of benzene rings is 1. The van der Waals surface area contributed by atoms with Gasteiger partial charge < -0.3 is 5.32 Å². The molecule has 10 heteroatoms. The highest BCUT2D eigenvalue weighted by molar-refractivity contribution is 7.99. The first kappa shape index (κ1) is 21.8. The van der Waals surface area contributed by atoms with Crippen LogP contribution in [0, 0.1) is 6.92 Å². The Bertz CT molecular complexity index is 935. The number of carbonyl (C=O) groups excluding carboxylic acids is 1. The van der Waals surface area contributed by atoms with Gasteiger partial charge in [-0.25, -0.2) is 13.1 Å². The standard InChI is InChI=1S/C19H27N5O3S2/c1-14-8-10-16(11-9-14)24-17(12-20-29(2,26)27)22-23-19(24)28-13-18(25)21-15-6-4-3-5-7-15/h8-11,15,20H,3-7,12-13H2,1-2H3,(H,21,25). The molecule has 1 aliphatic carbocycles. The Morgan fingerprint density at radius 1 is 1.17 bits per heavy atom. The number of nitrogens with one attached hydrogen (secondary N) is 2. The van der Waals surface area contributed by atoms with Crippen LogP contribution in [-0.4, -0.2) is 47.1 Å². The zero-order valence-electron chi connectivity index (χ0n) is 16.7. The lowest BCUT2D eigenvalue weighted by atomic mass is 9.95. The third kappa shape index (κ3) is 6.55. The van der Waals surface area contributed by atoms with Crippen LogP contribution in [0.4, 0.5) is 0 Å². The number of hydrogen-bond acceptors (Lipinski definition) is 6. The molecular formula is C19H27N5O3S2. The van der Waals surface area contributed by atoms with Crippen LogP contribution in [0.1, 0.15) is 43.5 Å². The largest absolute Gasteiger partial charge is 0.353 e. The number of sulfonamides is 1. The molecule has 1 aromatic heterocycles. The Morgan fingerprint density at radius 2 is 1.86 bits per heavy atom. The minimum absolute atomic E-state index is 0.0174. The Kier molecular flexibility index (Phi) is 7.31. The number of rotatable bonds is 8. The normalized spacial score (nSPS) is 15.4. The Balaban J connectivity index is 1.73. The number of nitrogens with zero attached hydrogens (tertiary/aromatic N) is 3. The van der Waals surface area contributed by atoms with Gasteiger partial charge in [0, 0.05) is 11.7 Å². The quantitative estimate of drug-likeness (QED) is 0.613. The average molecular weight is 438 g/mol. The lowest BCUT2D eigenvalue weighted by Gasteiger charge is -2.22. The second-order valence-corrected chi connectivity index (χ2v) is 10.1. The van der Waals surface area contributed by atoms with E-state index < -0.39 is 10.0 Å². The second kappa shape index (κ2) is 9.73. The molecule has 2 aromatic rings. The van der Waals surface area contributed by atoms with Gasteiger partial charge in [-0.15, -0.1) is 10.2 Å². The predicted octanol–water partition coefficient (Wildman–Crippen LogP) is 2.17. The van der Waals surface area contributed by atoms with Crippen molar-refractivity contribution in [1.29, 1.82) is 0 Å². The van der Waals surface area contributed by atoms with E-state index in [1.54, 1.807) is 4.57 Å². The first-order valence-corrected chi connectivity index (χ1v) is 12.6. The van der Waals surface area contributed by atoms with Crippen molar-refractivity contribution in [3.05, 3.63) is 35.7 Å². The van der Waals surface area contributed by atoms with E-state index in [1.165, 1.54) is 18.2 Å². The van der Waals surface area contributed by atoms with Gasteiger partial charge in [0.1, 0.15) is 0 Å². The molecule has 1 saturated carbocycles. The molecule has 29 heavy (non-hydrogen) atoms. The van der Waals surface area contributed by atoms with Gasteiger partial charge in [-0.3, -0.25) is 9.36 Å². The van der Waals surface area contributed by atoms with Gasteiger partial charge in [0.2, 0.25) is 15.9 Å². The molecule has 1 amide bonds. The highest BCUT2D eigenvalue weighted by Crippen LogP contribution is 2.23. The first-order valence-electron chi connectivity index (χ1n) is 9.70. The third-order valence-electron chi connectivity index (χ3n) is 4.79. The maximum absolute atomic E-state index is 12.4. The van der Waals surface area contributed by atoms with Gasteiger partial charge in [0.25, 0.3) is 0 Å². The minimum Gasteiger partial charge on any atom is -0.353 e. The van der Waals surface area contributed by atoms with E-state index in [-0.39, 0.29) is 24.2 Å². The summed E-state index contributed by atoms with van der Waals surface area (Å²) >= 11 is 1.30. The summed E-state index contributed by atoms with van der Waals surface area (Å²) in [5.41, 5.74) is 1.93. The van der Waals surface area contributed by atoms with Crippen molar-refractivity contribution in [2.75, 3.05) is 12.0 Å². The van der Waals surface area contributed by atoms with Crippen molar-refractivity contribution in [3.8, 4) is 5.69 Å². The maximum Gasteiger partial charge on any atom is 0.230 e. The second-order valence-electron chi connectivity index (χ2n) is 7.35. The molecule has 8 nitrogen and oxygen atoms in total. The summed E-state index contributed by atoms with van der Waals surface area (Å²) in [7, 11) is -3.36. The number of aryl methyl sites for hydroxylation is 1. The first-order chi connectivity index (χ1) is 13.8. The van der Waals surface area contributed by atoms with Gasteiger partial charge in [0.05, 0.1) is 18.6 Å². The smallest absolute Gasteiger partial charge is 0.230 e. The van der Waals surface area contributed by atoms with Crippen LogP contribution in [-0.2, 0) is 21.4 Å². The lowest BCUT2D eigenvalue weighted by Crippen LogP contribution is -2.37. The molecule has 0 aliphatic heterocycles. The summed E-state index contributed by atoms with van der Waals surface area (Å²) in [5, 5.41) is 12.0. The van der Waals surface area contributed by atoms with Crippen LogP contribution in [0.3, 0.4) is 0 Å². The zero-order chi connectivity index (χ0) is 20.9. The van der Waals surface area contributed by atoms with Crippen LogP contribution in [0.5, 0.6) is 0 Å². The van der Waals surface area contributed by atoms with E-state index in [4.69, 9.17) is 0 Å². The Hall–Kier alpha value is -1.91. The summed E-state index contributed by atoms with van der Waals surface area (Å²) in [4.78, 5) is 12.4. The van der Waals surface area contributed by atoms with E-state index in [0.29, 0.717) is 11.0 Å². The van der Waals surface area contributed by atoms with Crippen molar-refractivity contribution >= 4 is 27.7 Å². The van der Waals surface area contributed by atoms with Crippen LogP contribution in [0.15, 0.2) is 29.4 Å². The van der Waals surface area contributed by atoms with Crippen molar-refractivity contribution in [2.24, 2.45) is 0 Å². The summed E-state index contributed by atoms with van der Waals surface area (Å²) in [6.45, 7) is 2.02. The molecule has 0 radical (unpaired) electrons. The molecule has 1 aromatic carbocycles. The summed E-state index contributed by atoms with van der Waals surface area (Å²) in [6, 6.07) is 8.05. The van der Waals surface area contributed by atoms with Gasteiger partial charge >= 0.3 is 0 Å². The molecular weight excluding hydrogens is 410 g/mol. The van der Waals surface area contributed by atoms with E-state index in [9.17, 15) is 13.2 Å². The molecule has 0 spiro atoms. The molecule has 1 fully saturated rings. The van der Waals surface area contributed by atoms with Crippen LogP contribution in [0.25, 0.3) is 5.69 Å². The highest BCUT2D eigenvalue weighted by atomic mass is 32.2. The molecule has 2 N–H and O–H groups in total. The predicted molar refractivity (Wildman–Crippen MR) is 114 cm³/mol. The van der Waals surface area contributed by atoms with Crippen molar-refractivity contribution in [2.45, 2.75) is 56.8 Å². The fourth-order valence-electron chi connectivity index (χ4n) is 3.30. The van der Waals surface area contributed by atoms with E-state index in [2.05, 4.69) is 20.2 Å². The number of hydrogen-bond donors (Lipinski definition) is 2. The Morgan fingerprint density at radius 3 is 2.52 bits per heavy atom. The molecule has 158 valence electrons. The van der Waals surface area contributed by atoms with E-state index in [0.717, 1.165) is 43.2 Å². The fourth-order valence-corrected chi connectivity index (χ4v) is 4.48. The highest BCUT2D eigenvalue weighted by Gasteiger charge is 2.19. The number of thioether (sulfide) groups is 1. The van der Waals surface area contributed by atoms with Gasteiger partial charge in [0.15, 0.2) is 11.0 Å². The monoisotopic (exact) mass is 437 g/mol. The van der Waals surface area contributed by atoms with Gasteiger partial charge in [-0.1, -0.05) is 48.7 Å². The number of carbonyl (C=O) groups is 1. The third-order valence-corrected chi connectivity index (χ3v) is 6.39. The minimum atomic E-state index is -3.36.